The summed E-state index contributed by atoms with van der Waals surface area (Å²) in [6.45, 7) is 2.35. The van der Waals surface area contributed by atoms with Crippen molar-refractivity contribution < 1.29 is 38.9 Å². The molecule has 164 valence electrons. The van der Waals surface area contributed by atoms with Crippen LogP contribution in [0.15, 0.2) is 41.6 Å². The largest absolute Gasteiger partial charge is 0.480 e. The highest BCUT2D eigenvalue weighted by molar-refractivity contribution is 8.00. The van der Waals surface area contributed by atoms with E-state index in [2.05, 4.69) is 5.32 Å². The molecule has 1 fully saturated rings. The molecule has 2 unspecified atom stereocenters. The van der Waals surface area contributed by atoms with Gasteiger partial charge in [-0.05, 0) is 12.5 Å². The Hall–Kier alpha value is -3.34. The molecule has 3 N–H and O–H groups in total. The van der Waals surface area contributed by atoms with Gasteiger partial charge in [0.25, 0.3) is 5.91 Å². The standard InChI is InChI=1S/C20H20N2O8S/c1-10(23)30-8-12-9-31-19-20(2,18(29)22(19)14(12)17(27)28)21-15(24)13(16(25)26)11-6-4-3-5-7-11/h3-7,13,19H,8-9H2,1-2H3,(H,21,24)(H,25,26)(H,27,28)/t13?,19-,20?/m0/s1. The van der Waals surface area contributed by atoms with E-state index in [-0.39, 0.29) is 29.2 Å². The number of nitrogens with one attached hydrogen (secondary N) is 1. The van der Waals surface area contributed by atoms with Crippen molar-refractivity contribution in [1.82, 2.24) is 10.2 Å². The van der Waals surface area contributed by atoms with Gasteiger partial charge >= 0.3 is 17.9 Å². The van der Waals surface area contributed by atoms with Crippen LogP contribution >= 0.6 is 11.8 Å². The topological polar surface area (TPSA) is 150 Å². The number of aliphatic carboxylic acids is 2. The molecule has 2 aliphatic rings. The van der Waals surface area contributed by atoms with Crippen molar-refractivity contribution in [2.75, 3.05) is 12.4 Å². The number of β-lactam (4-membered cyclic amide) rings is 1. The van der Waals surface area contributed by atoms with E-state index >= 15 is 0 Å². The first kappa shape index (κ1) is 22.3. The molecule has 2 amide bonds. The van der Waals surface area contributed by atoms with E-state index in [1.54, 1.807) is 18.2 Å². The quantitative estimate of drug-likeness (QED) is 0.309. The van der Waals surface area contributed by atoms with Crippen molar-refractivity contribution in [3.05, 3.63) is 47.2 Å². The summed E-state index contributed by atoms with van der Waals surface area (Å²) in [5.41, 5.74) is -1.26. The molecule has 0 aromatic heterocycles. The van der Waals surface area contributed by atoms with Crippen molar-refractivity contribution in [3.8, 4) is 0 Å². The molecule has 11 heteroatoms. The van der Waals surface area contributed by atoms with Crippen LogP contribution in [0.3, 0.4) is 0 Å². The summed E-state index contributed by atoms with van der Waals surface area (Å²) in [5.74, 6) is -6.24. The molecule has 1 aromatic carbocycles. The summed E-state index contributed by atoms with van der Waals surface area (Å²) in [4.78, 5) is 61.4. The summed E-state index contributed by atoms with van der Waals surface area (Å²) in [5, 5.41) is 20.9. The van der Waals surface area contributed by atoms with Crippen LogP contribution in [0.2, 0.25) is 0 Å². The number of hydrogen-bond acceptors (Lipinski definition) is 7. The van der Waals surface area contributed by atoms with Crippen LogP contribution in [-0.2, 0) is 28.7 Å². The summed E-state index contributed by atoms with van der Waals surface area (Å²) in [7, 11) is 0. The number of nitrogens with zero attached hydrogens (tertiary/aromatic N) is 1. The number of fused-ring (bicyclic) bond motifs is 1. The van der Waals surface area contributed by atoms with E-state index in [0.717, 1.165) is 4.90 Å². The lowest BCUT2D eigenvalue weighted by Crippen LogP contribution is -2.78. The monoisotopic (exact) mass is 448 g/mol. The van der Waals surface area contributed by atoms with Gasteiger partial charge in [-0.2, -0.15) is 0 Å². The molecule has 2 aliphatic heterocycles. The molecule has 31 heavy (non-hydrogen) atoms. The van der Waals surface area contributed by atoms with Crippen molar-refractivity contribution in [2.24, 2.45) is 0 Å². The Balaban J connectivity index is 1.84. The minimum absolute atomic E-state index is 0.163. The zero-order valence-electron chi connectivity index (χ0n) is 16.7. The Kier molecular flexibility index (Phi) is 6.07. The first-order chi connectivity index (χ1) is 14.6. The molecule has 2 heterocycles. The van der Waals surface area contributed by atoms with Crippen LogP contribution in [-0.4, -0.2) is 68.1 Å². The Labute approximate surface area is 181 Å². The van der Waals surface area contributed by atoms with Gasteiger partial charge in [0.2, 0.25) is 5.91 Å². The van der Waals surface area contributed by atoms with Crippen molar-refractivity contribution >= 4 is 41.5 Å². The van der Waals surface area contributed by atoms with E-state index in [0.29, 0.717) is 0 Å². The third kappa shape index (κ3) is 4.00. The summed E-state index contributed by atoms with van der Waals surface area (Å²) in [6, 6.07) is 7.87. The average molecular weight is 448 g/mol. The number of ether oxygens (including phenoxy) is 1. The van der Waals surface area contributed by atoms with Gasteiger partial charge < -0.3 is 20.3 Å². The van der Waals surface area contributed by atoms with Crippen LogP contribution in [0.5, 0.6) is 0 Å². The van der Waals surface area contributed by atoms with Crippen molar-refractivity contribution in [2.45, 2.75) is 30.7 Å². The van der Waals surface area contributed by atoms with Gasteiger partial charge in [0.1, 0.15) is 23.2 Å². The van der Waals surface area contributed by atoms with Crippen LogP contribution in [0.4, 0.5) is 0 Å². The molecule has 10 nitrogen and oxygen atoms in total. The minimum Gasteiger partial charge on any atom is -0.480 e. The molecule has 0 aliphatic carbocycles. The second kappa shape index (κ2) is 8.42. The average Bonchev–Trinajstić information content (AvgIpc) is 2.71. The molecule has 0 bridgehead atoms. The van der Waals surface area contributed by atoms with Crippen LogP contribution < -0.4 is 5.32 Å². The molecule has 0 spiro atoms. The summed E-state index contributed by atoms with van der Waals surface area (Å²) in [6.07, 6.45) is 0. The zero-order valence-corrected chi connectivity index (χ0v) is 17.5. The summed E-state index contributed by atoms with van der Waals surface area (Å²) >= 11 is 1.19. The van der Waals surface area contributed by atoms with Gasteiger partial charge in [-0.15, -0.1) is 11.8 Å². The Morgan fingerprint density at radius 1 is 1.26 bits per heavy atom. The number of hydrogen-bond donors (Lipinski definition) is 3. The highest BCUT2D eigenvalue weighted by atomic mass is 32.2. The third-order valence-corrected chi connectivity index (χ3v) is 6.57. The van der Waals surface area contributed by atoms with E-state index in [1.165, 1.54) is 37.7 Å². The van der Waals surface area contributed by atoms with Gasteiger partial charge in [0.15, 0.2) is 5.92 Å². The van der Waals surface area contributed by atoms with Gasteiger partial charge in [-0.3, -0.25) is 24.1 Å². The fraction of sp³-hybridized carbons (Fsp3) is 0.350. The number of esters is 1. The van der Waals surface area contributed by atoms with E-state index in [9.17, 15) is 34.2 Å². The summed E-state index contributed by atoms with van der Waals surface area (Å²) < 4.78 is 4.88. The SMILES string of the molecule is CC(=O)OCC1=C(C(=O)O)N2C(=O)C(C)(NC(=O)C(C(=O)O)c3ccccc3)[C@@H]2SC1. The van der Waals surface area contributed by atoms with Crippen molar-refractivity contribution in [3.63, 3.8) is 0 Å². The number of benzene rings is 1. The molecule has 1 saturated heterocycles. The van der Waals surface area contributed by atoms with E-state index < -0.39 is 46.6 Å². The first-order valence-electron chi connectivity index (χ1n) is 9.21. The first-order valence-corrected chi connectivity index (χ1v) is 10.3. The Bertz CT molecular complexity index is 992. The Morgan fingerprint density at radius 2 is 1.90 bits per heavy atom. The molecule has 3 atom stereocenters. The highest BCUT2D eigenvalue weighted by Crippen LogP contribution is 2.46. The van der Waals surface area contributed by atoms with Gasteiger partial charge in [0.05, 0.1) is 0 Å². The van der Waals surface area contributed by atoms with E-state index in [4.69, 9.17) is 4.74 Å². The zero-order chi connectivity index (χ0) is 22.9. The highest BCUT2D eigenvalue weighted by Gasteiger charge is 2.63. The maximum atomic E-state index is 12.9. The molecule has 0 saturated carbocycles. The van der Waals surface area contributed by atoms with Crippen LogP contribution in [0.25, 0.3) is 0 Å². The lowest BCUT2D eigenvalue weighted by atomic mass is 9.86. The maximum Gasteiger partial charge on any atom is 0.352 e. The van der Waals surface area contributed by atoms with E-state index in [1.807, 2.05) is 0 Å². The second-order valence-electron chi connectivity index (χ2n) is 7.25. The number of thioether (sulfide) groups is 1. The predicted molar refractivity (Wildman–Crippen MR) is 108 cm³/mol. The lowest BCUT2D eigenvalue weighted by molar-refractivity contribution is -0.159. The van der Waals surface area contributed by atoms with Crippen molar-refractivity contribution in [1.29, 1.82) is 0 Å². The normalized spacial score (nSPS) is 23.4. The fourth-order valence-electron chi connectivity index (χ4n) is 3.58. The molecule has 3 rings (SSSR count). The fourth-order valence-corrected chi connectivity index (χ4v) is 5.00. The number of carboxylic acid groups (broad SMARTS) is 2. The predicted octanol–water partition coefficient (Wildman–Crippen LogP) is 0.547. The smallest absolute Gasteiger partial charge is 0.352 e. The van der Waals surface area contributed by atoms with Gasteiger partial charge in [-0.1, -0.05) is 30.3 Å². The molecule has 0 radical (unpaired) electrons. The van der Waals surface area contributed by atoms with Gasteiger partial charge in [-0.25, -0.2) is 4.79 Å². The molecular formula is C20H20N2O8S. The minimum atomic E-state index is -1.53. The second-order valence-corrected chi connectivity index (χ2v) is 8.32. The Morgan fingerprint density at radius 3 is 2.45 bits per heavy atom. The van der Waals surface area contributed by atoms with Crippen LogP contribution in [0, 0.1) is 0 Å². The third-order valence-electron chi connectivity index (χ3n) is 5.06. The molecule has 1 aromatic rings. The number of carbonyl (C=O) groups excluding carboxylic acids is 3. The number of rotatable bonds is 7. The molecular weight excluding hydrogens is 428 g/mol. The number of amides is 2. The number of carbonyl (C=O) groups is 5. The lowest BCUT2D eigenvalue weighted by Gasteiger charge is -2.56. The van der Waals surface area contributed by atoms with Crippen LogP contribution in [0.1, 0.15) is 25.3 Å². The maximum absolute atomic E-state index is 12.9. The van der Waals surface area contributed by atoms with Gasteiger partial charge in [0, 0.05) is 18.2 Å². The number of carboxylic acids is 2.